The summed E-state index contributed by atoms with van der Waals surface area (Å²) in [6.45, 7) is 0.769. The molecule has 0 saturated carbocycles. The van der Waals surface area contributed by atoms with Crippen LogP contribution < -0.4 is 10.1 Å². The van der Waals surface area contributed by atoms with Gasteiger partial charge in [0.25, 0.3) is 0 Å². The Morgan fingerprint density at radius 2 is 2.04 bits per heavy atom. The lowest BCUT2D eigenvalue weighted by molar-refractivity contribution is -0.121. The lowest BCUT2D eigenvalue weighted by atomic mass is 10.2. The number of carbonyl (C=O) groups is 1. The van der Waals surface area contributed by atoms with Gasteiger partial charge < -0.3 is 14.6 Å². The molecule has 0 spiro atoms. The van der Waals surface area contributed by atoms with Gasteiger partial charge in [-0.2, -0.15) is 0 Å². The molecule has 0 aliphatic carbocycles. The normalized spacial score (nSPS) is 10.5. The molecule has 2 aromatic carbocycles. The Bertz CT molecular complexity index is 836. The maximum absolute atomic E-state index is 14.2. The molecule has 0 bridgehead atoms. The zero-order chi connectivity index (χ0) is 18.2. The highest BCUT2D eigenvalue weighted by Gasteiger charge is 2.07. The minimum Gasteiger partial charge on any atom is -0.494 e. The van der Waals surface area contributed by atoms with Gasteiger partial charge in [0.15, 0.2) is 0 Å². The predicted octanol–water partition coefficient (Wildman–Crippen LogP) is 3.49. The van der Waals surface area contributed by atoms with Gasteiger partial charge in [0, 0.05) is 25.4 Å². The molecule has 5 nitrogen and oxygen atoms in total. The maximum Gasteiger partial charge on any atom is 0.220 e. The number of nitrogens with zero attached hydrogens (tertiary/aromatic N) is 2. The lowest BCUT2D eigenvalue weighted by Crippen LogP contribution is -2.23. The summed E-state index contributed by atoms with van der Waals surface area (Å²) in [7, 11) is 0. The molecule has 0 saturated heterocycles. The van der Waals surface area contributed by atoms with E-state index in [9.17, 15) is 9.18 Å². The Labute approximate surface area is 151 Å². The molecule has 1 N–H and O–H groups in total. The number of amides is 1. The topological polar surface area (TPSA) is 56.1 Å². The van der Waals surface area contributed by atoms with Crippen LogP contribution in [0.5, 0.6) is 5.75 Å². The zero-order valence-corrected chi connectivity index (χ0v) is 14.3. The zero-order valence-electron chi connectivity index (χ0n) is 14.3. The molecule has 1 aromatic heterocycles. The number of para-hydroxylation sites is 1. The van der Waals surface area contributed by atoms with Crippen LogP contribution in [0.4, 0.5) is 4.39 Å². The number of nitrogens with one attached hydrogen (secondary N) is 1. The van der Waals surface area contributed by atoms with Crippen molar-refractivity contribution in [3.8, 4) is 11.4 Å². The van der Waals surface area contributed by atoms with Crippen molar-refractivity contribution in [2.75, 3.05) is 6.61 Å². The minimum atomic E-state index is -0.356. The van der Waals surface area contributed by atoms with Gasteiger partial charge >= 0.3 is 0 Å². The second-order valence-corrected chi connectivity index (χ2v) is 5.80. The SMILES string of the molecule is O=C(CCCOc1ccccc1)NCc1ccc(-n2ccnc2)c(F)c1. The molecular formula is C20H20FN3O2. The van der Waals surface area contributed by atoms with Crippen molar-refractivity contribution in [2.45, 2.75) is 19.4 Å². The number of imidazole rings is 1. The average Bonchev–Trinajstić information content (AvgIpc) is 3.19. The predicted molar refractivity (Wildman–Crippen MR) is 96.5 cm³/mol. The Morgan fingerprint density at radius 1 is 1.19 bits per heavy atom. The molecule has 0 aliphatic rings. The third-order valence-corrected chi connectivity index (χ3v) is 3.84. The monoisotopic (exact) mass is 353 g/mol. The molecule has 0 unspecified atom stereocenters. The summed E-state index contributed by atoms with van der Waals surface area (Å²) in [5.74, 6) is 0.355. The molecule has 3 aromatic rings. The van der Waals surface area contributed by atoms with Crippen molar-refractivity contribution in [1.82, 2.24) is 14.9 Å². The summed E-state index contributed by atoms with van der Waals surface area (Å²) in [6, 6.07) is 14.4. The summed E-state index contributed by atoms with van der Waals surface area (Å²) < 4.78 is 21.3. The number of aromatic nitrogens is 2. The summed E-state index contributed by atoms with van der Waals surface area (Å²) >= 11 is 0. The average molecular weight is 353 g/mol. The van der Waals surface area contributed by atoms with Crippen LogP contribution in [0, 0.1) is 5.82 Å². The third kappa shape index (κ3) is 4.92. The molecule has 26 heavy (non-hydrogen) atoms. The van der Waals surface area contributed by atoms with Crippen molar-refractivity contribution in [3.63, 3.8) is 0 Å². The number of hydrogen-bond acceptors (Lipinski definition) is 3. The first-order valence-corrected chi connectivity index (χ1v) is 8.44. The van der Waals surface area contributed by atoms with Gasteiger partial charge in [0.05, 0.1) is 18.6 Å². The molecule has 3 rings (SSSR count). The second kappa shape index (κ2) is 8.80. The van der Waals surface area contributed by atoms with Crippen LogP contribution in [0.3, 0.4) is 0 Å². The first-order valence-electron chi connectivity index (χ1n) is 8.44. The van der Waals surface area contributed by atoms with E-state index in [2.05, 4.69) is 10.3 Å². The molecule has 1 heterocycles. The minimum absolute atomic E-state index is 0.0826. The van der Waals surface area contributed by atoms with Gasteiger partial charge in [-0.1, -0.05) is 24.3 Å². The fraction of sp³-hybridized carbons (Fsp3) is 0.200. The van der Waals surface area contributed by atoms with Crippen molar-refractivity contribution in [1.29, 1.82) is 0 Å². The van der Waals surface area contributed by atoms with Gasteiger partial charge in [0.2, 0.25) is 5.91 Å². The van der Waals surface area contributed by atoms with Crippen molar-refractivity contribution < 1.29 is 13.9 Å². The van der Waals surface area contributed by atoms with Gasteiger partial charge in [-0.25, -0.2) is 9.37 Å². The van der Waals surface area contributed by atoms with E-state index in [-0.39, 0.29) is 11.7 Å². The van der Waals surface area contributed by atoms with Crippen molar-refractivity contribution in [2.24, 2.45) is 0 Å². The van der Waals surface area contributed by atoms with Gasteiger partial charge in [-0.05, 0) is 36.2 Å². The first-order chi connectivity index (χ1) is 12.7. The molecular weight excluding hydrogens is 333 g/mol. The molecule has 134 valence electrons. The third-order valence-electron chi connectivity index (χ3n) is 3.84. The number of ether oxygens (including phenoxy) is 1. The first kappa shape index (κ1) is 17.7. The highest BCUT2D eigenvalue weighted by molar-refractivity contribution is 5.75. The summed E-state index contributed by atoms with van der Waals surface area (Å²) in [6.07, 6.45) is 5.79. The van der Waals surface area contributed by atoms with Crippen molar-refractivity contribution in [3.05, 3.63) is 78.6 Å². The van der Waals surface area contributed by atoms with E-state index >= 15 is 0 Å². The van der Waals surface area contributed by atoms with E-state index in [0.29, 0.717) is 37.2 Å². The second-order valence-electron chi connectivity index (χ2n) is 5.80. The van der Waals surface area contributed by atoms with Crippen LogP contribution in [0.15, 0.2) is 67.3 Å². The van der Waals surface area contributed by atoms with E-state index in [1.807, 2.05) is 30.3 Å². The van der Waals surface area contributed by atoms with E-state index in [1.165, 1.54) is 12.4 Å². The number of halogens is 1. The molecule has 0 fully saturated rings. The maximum atomic E-state index is 14.2. The Hall–Kier alpha value is -3.15. The van der Waals surface area contributed by atoms with Crippen LogP contribution >= 0.6 is 0 Å². The molecule has 0 atom stereocenters. The van der Waals surface area contributed by atoms with Crippen LogP contribution in [0.1, 0.15) is 18.4 Å². The van der Waals surface area contributed by atoms with Crippen LogP contribution in [0.2, 0.25) is 0 Å². The summed E-state index contributed by atoms with van der Waals surface area (Å²) in [4.78, 5) is 15.8. The van der Waals surface area contributed by atoms with Crippen LogP contribution in [0.25, 0.3) is 5.69 Å². The highest BCUT2D eigenvalue weighted by Crippen LogP contribution is 2.15. The van der Waals surface area contributed by atoms with E-state index < -0.39 is 0 Å². The highest BCUT2D eigenvalue weighted by atomic mass is 19.1. The fourth-order valence-corrected chi connectivity index (χ4v) is 2.50. The van der Waals surface area contributed by atoms with Gasteiger partial charge in [0.1, 0.15) is 11.6 Å². The van der Waals surface area contributed by atoms with Gasteiger partial charge in [-0.15, -0.1) is 0 Å². The summed E-state index contributed by atoms with van der Waals surface area (Å²) in [5.41, 5.74) is 1.14. The number of benzene rings is 2. The quantitative estimate of drug-likeness (QED) is 0.631. The summed E-state index contributed by atoms with van der Waals surface area (Å²) in [5, 5.41) is 2.80. The molecule has 1 amide bonds. The standard InChI is InChI=1S/C20H20FN3O2/c21-18-13-16(8-9-19(18)24-11-10-22-15-24)14-23-20(25)7-4-12-26-17-5-2-1-3-6-17/h1-3,5-6,8-11,13,15H,4,7,12,14H2,(H,23,25). The molecule has 6 heteroatoms. The Balaban J connectivity index is 1.41. The molecule has 0 aliphatic heterocycles. The van der Waals surface area contributed by atoms with E-state index in [0.717, 1.165) is 5.75 Å². The number of hydrogen-bond donors (Lipinski definition) is 1. The van der Waals surface area contributed by atoms with E-state index in [4.69, 9.17) is 4.74 Å². The van der Waals surface area contributed by atoms with Crippen molar-refractivity contribution >= 4 is 5.91 Å². The van der Waals surface area contributed by atoms with Gasteiger partial charge in [-0.3, -0.25) is 4.79 Å². The van der Waals surface area contributed by atoms with Crippen LogP contribution in [-0.4, -0.2) is 22.1 Å². The lowest BCUT2D eigenvalue weighted by Gasteiger charge is -2.09. The largest absolute Gasteiger partial charge is 0.494 e. The van der Waals surface area contributed by atoms with E-state index in [1.54, 1.807) is 29.1 Å². The Kier molecular flexibility index (Phi) is 5.98. The smallest absolute Gasteiger partial charge is 0.220 e. The fourth-order valence-electron chi connectivity index (χ4n) is 2.50. The Morgan fingerprint density at radius 3 is 2.77 bits per heavy atom. The molecule has 0 radical (unpaired) electrons. The van der Waals surface area contributed by atoms with Crippen LogP contribution in [-0.2, 0) is 11.3 Å². The number of carbonyl (C=O) groups excluding carboxylic acids is 1. The number of rotatable bonds is 8.